The number of nitrogens with one attached hydrogen (secondary N) is 1. The van der Waals surface area contributed by atoms with Crippen LogP contribution in [-0.4, -0.2) is 30.8 Å². The van der Waals surface area contributed by atoms with Crippen LogP contribution in [0.2, 0.25) is 0 Å². The lowest BCUT2D eigenvalue weighted by atomic mass is 10.2. The van der Waals surface area contributed by atoms with E-state index in [2.05, 4.69) is 10.4 Å². The van der Waals surface area contributed by atoms with E-state index in [1.807, 2.05) is 19.9 Å². The Kier molecular flexibility index (Phi) is 5.88. The number of hydrogen-bond acceptors (Lipinski definition) is 6. The van der Waals surface area contributed by atoms with Crippen molar-refractivity contribution in [2.24, 2.45) is 11.8 Å². The maximum Gasteiger partial charge on any atom is 0.246 e. The van der Waals surface area contributed by atoms with Gasteiger partial charge in [-0.1, -0.05) is 13.8 Å². The number of pyridine rings is 1. The molecule has 1 heterocycles. The lowest BCUT2D eigenvalue weighted by molar-refractivity contribution is 0.373. The molecule has 8 heteroatoms. The van der Waals surface area contributed by atoms with E-state index in [1.165, 1.54) is 22.6 Å². The molecule has 0 atom stereocenters. The summed E-state index contributed by atoms with van der Waals surface area (Å²) in [6.07, 6.45) is 1.59. The summed E-state index contributed by atoms with van der Waals surface area (Å²) in [5, 5.41) is 8.67. The highest BCUT2D eigenvalue weighted by Crippen LogP contribution is 2.22. The van der Waals surface area contributed by atoms with Gasteiger partial charge in [-0.05, 0) is 18.1 Å². The SMILES string of the molecule is CC(C)CN(CCC#N)S(=O)(=O)c1cccnc1NN. The van der Waals surface area contributed by atoms with Crippen LogP contribution in [0.4, 0.5) is 5.82 Å². The Bertz CT molecular complexity index is 580. The summed E-state index contributed by atoms with van der Waals surface area (Å²) in [6.45, 7) is 4.32. The largest absolute Gasteiger partial charge is 0.307 e. The zero-order valence-corrected chi connectivity index (χ0v) is 12.4. The summed E-state index contributed by atoms with van der Waals surface area (Å²) >= 11 is 0. The van der Waals surface area contributed by atoms with Gasteiger partial charge < -0.3 is 5.43 Å². The minimum absolute atomic E-state index is 0.0149. The molecule has 0 bridgehead atoms. The van der Waals surface area contributed by atoms with Gasteiger partial charge in [-0.2, -0.15) is 9.57 Å². The molecular formula is C12H19N5O2S. The van der Waals surface area contributed by atoms with Gasteiger partial charge >= 0.3 is 0 Å². The van der Waals surface area contributed by atoms with Gasteiger partial charge in [0, 0.05) is 25.7 Å². The summed E-state index contributed by atoms with van der Waals surface area (Å²) in [7, 11) is -3.73. The first-order chi connectivity index (χ1) is 9.43. The maximum absolute atomic E-state index is 12.6. The van der Waals surface area contributed by atoms with Crippen LogP contribution >= 0.6 is 0 Å². The summed E-state index contributed by atoms with van der Waals surface area (Å²) in [4.78, 5) is 3.91. The van der Waals surface area contributed by atoms with Crippen LogP contribution in [0.25, 0.3) is 0 Å². The van der Waals surface area contributed by atoms with Gasteiger partial charge in [0.05, 0.1) is 6.07 Å². The van der Waals surface area contributed by atoms with Crippen molar-refractivity contribution in [1.82, 2.24) is 9.29 Å². The summed E-state index contributed by atoms with van der Waals surface area (Å²) in [5.41, 5.74) is 2.28. The monoisotopic (exact) mass is 297 g/mol. The summed E-state index contributed by atoms with van der Waals surface area (Å²) < 4.78 is 26.6. The number of nitrogens with zero attached hydrogens (tertiary/aromatic N) is 3. The van der Waals surface area contributed by atoms with Gasteiger partial charge in [0.25, 0.3) is 0 Å². The first-order valence-corrected chi connectivity index (χ1v) is 7.66. The van der Waals surface area contributed by atoms with Crippen LogP contribution in [0, 0.1) is 17.2 Å². The Hall–Kier alpha value is -1.69. The van der Waals surface area contributed by atoms with Crippen LogP contribution in [0.5, 0.6) is 0 Å². The number of nitrogens with two attached hydrogens (primary N) is 1. The molecular weight excluding hydrogens is 278 g/mol. The number of nitriles is 1. The van der Waals surface area contributed by atoms with Crippen LogP contribution in [0.3, 0.4) is 0 Å². The molecule has 1 aromatic rings. The van der Waals surface area contributed by atoms with Crippen LogP contribution in [0.15, 0.2) is 23.2 Å². The number of sulfonamides is 1. The normalized spacial score (nSPS) is 11.6. The van der Waals surface area contributed by atoms with Crippen molar-refractivity contribution in [3.63, 3.8) is 0 Å². The van der Waals surface area contributed by atoms with E-state index in [9.17, 15) is 8.42 Å². The maximum atomic E-state index is 12.6. The van der Waals surface area contributed by atoms with E-state index in [0.29, 0.717) is 6.54 Å². The summed E-state index contributed by atoms with van der Waals surface area (Å²) in [6, 6.07) is 4.94. The fourth-order valence-electron chi connectivity index (χ4n) is 1.74. The smallest absolute Gasteiger partial charge is 0.246 e. The van der Waals surface area contributed by atoms with Gasteiger partial charge in [-0.25, -0.2) is 19.2 Å². The Balaban J connectivity index is 3.18. The van der Waals surface area contributed by atoms with Crippen molar-refractivity contribution in [1.29, 1.82) is 5.26 Å². The predicted molar refractivity (Wildman–Crippen MR) is 75.9 cm³/mol. The van der Waals surface area contributed by atoms with Crippen LogP contribution < -0.4 is 11.3 Å². The lowest BCUT2D eigenvalue weighted by Gasteiger charge is -2.23. The molecule has 7 nitrogen and oxygen atoms in total. The van der Waals surface area contributed by atoms with Crippen LogP contribution in [0.1, 0.15) is 20.3 Å². The van der Waals surface area contributed by atoms with Crippen molar-refractivity contribution >= 4 is 15.8 Å². The number of hydrazine groups is 1. The number of nitrogen functional groups attached to an aromatic ring is 1. The van der Waals surface area contributed by atoms with Gasteiger partial charge in [-0.3, -0.25) is 0 Å². The fraction of sp³-hybridized carbons (Fsp3) is 0.500. The Labute approximate surface area is 119 Å². The van der Waals surface area contributed by atoms with E-state index in [-0.39, 0.29) is 29.6 Å². The van der Waals surface area contributed by atoms with Crippen molar-refractivity contribution in [2.45, 2.75) is 25.2 Å². The first kappa shape index (κ1) is 16.4. The molecule has 110 valence electrons. The Morgan fingerprint density at radius 3 is 2.80 bits per heavy atom. The third-order valence-corrected chi connectivity index (χ3v) is 4.46. The second kappa shape index (κ2) is 7.19. The van der Waals surface area contributed by atoms with Gasteiger partial charge in [0.1, 0.15) is 4.90 Å². The predicted octanol–water partition coefficient (Wildman–Crippen LogP) is 0.928. The molecule has 3 N–H and O–H groups in total. The molecule has 0 unspecified atom stereocenters. The molecule has 0 spiro atoms. The highest BCUT2D eigenvalue weighted by Gasteiger charge is 2.27. The number of hydrogen-bond donors (Lipinski definition) is 2. The minimum atomic E-state index is -3.73. The minimum Gasteiger partial charge on any atom is -0.307 e. The van der Waals surface area contributed by atoms with Gasteiger partial charge in [-0.15, -0.1) is 0 Å². The van der Waals surface area contributed by atoms with Crippen molar-refractivity contribution < 1.29 is 8.42 Å². The second-order valence-corrected chi connectivity index (χ2v) is 6.57. The number of aromatic nitrogens is 1. The molecule has 0 fully saturated rings. The topological polar surface area (TPSA) is 112 Å². The zero-order valence-electron chi connectivity index (χ0n) is 11.6. The third kappa shape index (κ3) is 3.90. The fourth-order valence-corrected chi connectivity index (χ4v) is 3.45. The number of anilines is 1. The molecule has 1 aromatic heterocycles. The molecule has 20 heavy (non-hydrogen) atoms. The molecule has 0 aromatic carbocycles. The van der Waals surface area contributed by atoms with Crippen LogP contribution in [-0.2, 0) is 10.0 Å². The second-order valence-electron chi connectivity index (χ2n) is 4.66. The quantitative estimate of drug-likeness (QED) is 0.572. The first-order valence-electron chi connectivity index (χ1n) is 6.22. The van der Waals surface area contributed by atoms with Crippen molar-refractivity contribution in [2.75, 3.05) is 18.5 Å². The number of rotatable bonds is 7. The molecule has 1 rings (SSSR count). The highest BCUT2D eigenvalue weighted by molar-refractivity contribution is 7.89. The molecule has 0 saturated heterocycles. The van der Waals surface area contributed by atoms with E-state index in [1.54, 1.807) is 0 Å². The molecule has 0 saturated carbocycles. The Morgan fingerprint density at radius 1 is 1.55 bits per heavy atom. The molecule has 0 aliphatic heterocycles. The van der Waals surface area contributed by atoms with Gasteiger partial charge in [0.2, 0.25) is 10.0 Å². The summed E-state index contributed by atoms with van der Waals surface area (Å²) in [5.74, 6) is 5.54. The van der Waals surface area contributed by atoms with Crippen molar-refractivity contribution in [3.8, 4) is 6.07 Å². The molecule has 0 aliphatic carbocycles. The van der Waals surface area contributed by atoms with E-state index in [0.717, 1.165) is 0 Å². The average molecular weight is 297 g/mol. The average Bonchev–Trinajstić information content (AvgIpc) is 2.42. The van der Waals surface area contributed by atoms with E-state index < -0.39 is 10.0 Å². The lowest BCUT2D eigenvalue weighted by Crippen LogP contribution is -2.35. The van der Waals surface area contributed by atoms with E-state index >= 15 is 0 Å². The van der Waals surface area contributed by atoms with E-state index in [4.69, 9.17) is 11.1 Å². The standard InChI is InChI=1S/C12H19N5O2S/c1-10(2)9-17(8-4-6-13)20(18,19)11-5-3-7-15-12(11)16-14/h3,5,7,10H,4,8-9,14H2,1-2H3,(H,15,16). The third-order valence-electron chi connectivity index (χ3n) is 2.57. The van der Waals surface area contributed by atoms with Gasteiger partial charge in [0.15, 0.2) is 5.82 Å². The zero-order chi connectivity index (χ0) is 15.2. The Morgan fingerprint density at radius 2 is 2.25 bits per heavy atom. The molecule has 0 aliphatic rings. The molecule has 0 amide bonds. The highest BCUT2D eigenvalue weighted by atomic mass is 32.2. The van der Waals surface area contributed by atoms with Crippen molar-refractivity contribution in [3.05, 3.63) is 18.3 Å². The molecule has 0 radical (unpaired) electrons.